The molecule has 2 rings (SSSR count). The summed E-state index contributed by atoms with van der Waals surface area (Å²) in [5, 5.41) is 0. The maximum absolute atomic E-state index is 3.52. The maximum atomic E-state index is 3.52. The topological polar surface area (TPSA) is 3.24 Å². The zero-order chi connectivity index (χ0) is 8.39. The number of hydrogen-bond acceptors (Lipinski definition) is 1. The minimum Gasteiger partial charge on any atom is -0.299 e. The van der Waals surface area contributed by atoms with Crippen molar-refractivity contribution in [2.75, 3.05) is 19.6 Å². The second-order valence-electron chi connectivity index (χ2n) is 3.60. The highest BCUT2D eigenvalue weighted by atomic mass is 79.9. The Morgan fingerprint density at radius 1 is 1.25 bits per heavy atom. The van der Waals surface area contributed by atoms with E-state index in [2.05, 4.69) is 33.0 Å². The van der Waals surface area contributed by atoms with Gasteiger partial charge in [-0.25, -0.2) is 0 Å². The van der Waals surface area contributed by atoms with E-state index >= 15 is 0 Å². The minimum absolute atomic E-state index is 1.14. The van der Waals surface area contributed by atoms with Crippen LogP contribution in [0, 0.1) is 0 Å². The van der Waals surface area contributed by atoms with Gasteiger partial charge in [0.05, 0.1) is 0 Å². The van der Waals surface area contributed by atoms with E-state index in [1.807, 2.05) is 0 Å². The Bertz CT molecular complexity index is 224. The van der Waals surface area contributed by atoms with Crippen LogP contribution in [0.1, 0.15) is 19.3 Å². The SMILES string of the molecule is BrC1=CC=C(CN2CCCC2)C1. The molecule has 2 heteroatoms. The third kappa shape index (κ3) is 1.99. The minimum atomic E-state index is 1.14. The Balaban J connectivity index is 1.81. The summed E-state index contributed by atoms with van der Waals surface area (Å²) in [5.74, 6) is 0. The third-order valence-electron chi connectivity index (χ3n) is 2.52. The summed E-state index contributed by atoms with van der Waals surface area (Å²) in [6, 6.07) is 0. The molecule has 0 aromatic rings. The molecular weight excluding hydrogens is 214 g/mol. The Morgan fingerprint density at radius 3 is 2.58 bits per heavy atom. The predicted octanol–water partition coefficient (Wildman–Crippen LogP) is 2.69. The van der Waals surface area contributed by atoms with Gasteiger partial charge in [0.2, 0.25) is 0 Å². The molecule has 1 nitrogen and oxygen atoms in total. The molecule has 12 heavy (non-hydrogen) atoms. The average Bonchev–Trinajstić information content (AvgIpc) is 2.63. The lowest BCUT2D eigenvalue weighted by atomic mass is 10.2. The number of allylic oxidation sites excluding steroid dienone is 3. The van der Waals surface area contributed by atoms with Crippen LogP contribution in [0.3, 0.4) is 0 Å². The molecule has 0 unspecified atom stereocenters. The average molecular weight is 228 g/mol. The molecule has 1 heterocycles. The van der Waals surface area contributed by atoms with Crippen molar-refractivity contribution < 1.29 is 0 Å². The number of nitrogens with zero attached hydrogens (tertiary/aromatic N) is 1. The molecule has 1 aliphatic carbocycles. The number of halogens is 1. The van der Waals surface area contributed by atoms with Gasteiger partial charge < -0.3 is 0 Å². The van der Waals surface area contributed by atoms with Crippen molar-refractivity contribution in [2.45, 2.75) is 19.3 Å². The van der Waals surface area contributed by atoms with E-state index in [1.54, 1.807) is 5.57 Å². The van der Waals surface area contributed by atoms with Crippen molar-refractivity contribution in [3.8, 4) is 0 Å². The lowest BCUT2D eigenvalue weighted by Crippen LogP contribution is -2.21. The molecule has 0 amide bonds. The van der Waals surface area contributed by atoms with Crippen LogP contribution in [0.4, 0.5) is 0 Å². The second-order valence-corrected chi connectivity index (χ2v) is 4.62. The van der Waals surface area contributed by atoms with Crippen LogP contribution in [0.25, 0.3) is 0 Å². The Morgan fingerprint density at radius 2 is 2.00 bits per heavy atom. The van der Waals surface area contributed by atoms with Crippen LogP contribution in [-0.4, -0.2) is 24.5 Å². The Hall–Kier alpha value is -0.0800. The Labute approximate surface area is 82.3 Å². The number of likely N-dealkylation sites (tertiary alicyclic amines) is 1. The fourth-order valence-electron chi connectivity index (χ4n) is 1.88. The van der Waals surface area contributed by atoms with E-state index in [1.165, 1.54) is 37.0 Å². The van der Waals surface area contributed by atoms with Gasteiger partial charge in [-0.2, -0.15) is 0 Å². The molecule has 0 atom stereocenters. The first-order valence-electron chi connectivity index (χ1n) is 4.61. The highest BCUT2D eigenvalue weighted by molar-refractivity contribution is 9.11. The molecule has 0 N–H and O–H groups in total. The van der Waals surface area contributed by atoms with E-state index in [0.29, 0.717) is 0 Å². The molecule has 1 saturated heterocycles. The summed E-state index contributed by atoms with van der Waals surface area (Å²) < 4.78 is 1.33. The summed E-state index contributed by atoms with van der Waals surface area (Å²) >= 11 is 3.52. The van der Waals surface area contributed by atoms with Crippen LogP contribution < -0.4 is 0 Å². The summed E-state index contributed by atoms with van der Waals surface area (Å²) in [7, 11) is 0. The van der Waals surface area contributed by atoms with Crippen LogP contribution in [0.15, 0.2) is 22.2 Å². The van der Waals surface area contributed by atoms with Gasteiger partial charge in [-0.15, -0.1) is 0 Å². The van der Waals surface area contributed by atoms with Crippen LogP contribution >= 0.6 is 15.9 Å². The molecular formula is C10H14BrN. The van der Waals surface area contributed by atoms with Crippen LogP contribution in [0.5, 0.6) is 0 Å². The molecule has 1 fully saturated rings. The third-order valence-corrected chi connectivity index (χ3v) is 3.07. The lowest BCUT2D eigenvalue weighted by molar-refractivity contribution is 0.367. The predicted molar refractivity (Wildman–Crippen MR) is 55.4 cm³/mol. The van der Waals surface area contributed by atoms with Crippen LogP contribution in [0.2, 0.25) is 0 Å². The maximum Gasteiger partial charge on any atom is 0.0199 e. The fraction of sp³-hybridized carbons (Fsp3) is 0.600. The van der Waals surface area contributed by atoms with Gasteiger partial charge >= 0.3 is 0 Å². The normalized spacial score (nSPS) is 24.4. The van der Waals surface area contributed by atoms with Gasteiger partial charge in [0.25, 0.3) is 0 Å². The first kappa shape index (κ1) is 8.52. The smallest absolute Gasteiger partial charge is 0.0199 e. The molecule has 0 spiro atoms. The summed E-state index contributed by atoms with van der Waals surface area (Å²) in [6.07, 6.45) is 8.34. The number of rotatable bonds is 2. The largest absolute Gasteiger partial charge is 0.299 e. The van der Waals surface area contributed by atoms with Gasteiger partial charge in [0, 0.05) is 13.0 Å². The number of hydrogen-bond donors (Lipinski definition) is 0. The standard InChI is InChI=1S/C10H14BrN/c11-10-4-3-9(7-10)8-12-5-1-2-6-12/h3-4H,1-2,5-8H2. The second kappa shape index (κ2) is 3.75. The molecule has 2 aliphatic rings. The highest BCUT2D eigenvalue weighted by Crippen LogP contribution is 2.24. The van der Waals surface area contributed by atoms with Crippen molar-refractivity contribution in [1.82, 2.24) is 4.90 Å². The summed E-state index contributed by atoms with van der Waals surface area (Å²) in [4.78, 5) is 2.55. The molecule has 0 aromatic carbocycles. The molecule has 0 aromatic heterocycles. The van der Waals surface area contributed by atoms with E-state index in [0.717, 1.165) is 6.42 Å². The van der Waals surface area contributed by atoms with Crippen molar-refractivity contribution in [3.05, 3.63) is 22.2 Å². The first-order chi connectivity index (χ1) is 5.84. The van der Waals surface area contributed by atoms with E-state index in [-0.39, 0.29) is 0 Å². The van der Waals surface area contributed by atoms with Gasteiger partial charge in [0.1, 0.15) is 0 Å². The van der Waals surface area contributed by atoms with Gasteiger partial charge in [0.15, 0.2) is 0 Å². The zero-order valence-electron chi connectivity index (χ0n) is 7.22. The fourth-order valence-corrected chi connectivity index (χ4v) is 2.37. The van der Waals surface area contributed by atoms with Crippen molar-refractivity contribution >= 4 is 15.9 Å². The van der Waals surface area contributed by atoms with E-state index < -0.39 is 0 Å². The van der Waals surface area contributed by atoms with Gasteiger partial charge in [-0.1, -0.05) is 33.7 Å². The Kier molecular flexibility index (Phi) is 2.66. The molecule has 1 aliphatic heterocycles. The van der Waals surface area contributed by atoms with Crippen LogP contribution in [-0.2, 0) is 0 Å². The first-order valence-corrected chi connectivity index (χ1v) is 5.40. The monoisotopic (exact) mass is 227 g/mol. The van der Waals surface area contributed by atoms with Crippen molar-refractivity contribution in [3.63, 3.8) is 0 Å². The lowest BCUT2D eigenvalue weighted by Gasteiger charge is -2.14. The molecule has 66 valence electrons. The highest BCUT2D eigenvalue weighted by Gasteiger charge is 2.14. The van der Waals surface area contributed by atoms with E-state index in [4.69, 9.17) is 0 Å². The van der Waals surface area contributed by atoms with Gasteiger partial charge in [-0.05, 0) is 30.4 Å². The van der Waals surface area contributed by atoms with Crippen molar-refractivity contribution in [2.24, 2.45) is 0 Å². The molecule has 0 bridgehead atoms. The summed E-state index contributed by atoms with van der Waals surface area (Å²) in [5.41, 5.74) is 1.56. The molecule has 0 saturated carbocycles. The zero-order valence-corrected chi connectivity index (χ0v) is 8.81. The quantitative estimate of drug-likeness (QED) is 0.702. The summed E-state index contributed by atoms with van der Waals surface area (Å²) in [6.45, 7) is 3.79. The molecule has 0 radical (unpaired) electrons. The van der Waals surface area contributed by atoms with Crippen molar-refractivity contribution in [1.29, 1.82) is 0 Å². The van der Waals surface area contributed by atoms with Gasteiger partial charge in [-0.3, -0.25) is 4.90 Å². The van der Waals surface area contributed by atoms with E-state index in [9.17, 15) is 0 Å².